The number of nitrogens with zero attached hydrogens (tertiary/aromatic N) is 1. The van der Waals surface area contributed by atoms with E-state index in [0.29, 0.717) is 12.8 Å². The lowest BCUT2D eigenvalue weighted by molar-refractivity contribution is -0.136. The first-order valence-electron chi connectivity index (χ1n) is 6.03. The first-order chi connectivity index (χ1) is 8.35. The minimum absolute atomic E-state index is 0.0441. The van der Waals surface area contributed by atoms with Crippen molar-refractivity contribution in [2.75, 3.05) is 26.2 Å². The molecule has 0 aliphatic heterocycles. The molecule has 0 atom stereocenters. The minimum Gasteiger partial charge on any atom is -0.395 e. The van der Waals surface area contributed by atoms with Gasteiger partial charge in [0.25, 0.3) is 0 Å². The van der Waals surface area contributed by atoms with Gasteiger partial charge in [0, 0.05) is 12.6 Å². The molecule has 0 aliphatic carbocycles. The van der Waals surface area contributed by atoms with Gasteiger partial charge >= 0.3 is 6.18 Å². The first-order valence-corrected chi connectivity index (χ1v) is 6.03. The van der Waals surface area contributed by atoms with E-state index >= 15 is 0 Å². The fraction of sp³-hybridized carbons (Fsp3) is 0.909. The zero-order valence-electron chi connectivity index (χ0n) is 10.8. The monoisotopic (exact) mass is 270 g/mol. The maximum Gasteiger partial charge on any atom is 0.401 e. The molecule has 0 aromatic heterocycles. The van der Waals surface area contributed by atoms with Gasteiger partial charge in [0.1, 0.15) is 0 Å². The number of aliphatic hydroxyl groups excluding tert-OH is 1. The Bertz CT molecular complexity index is 243. The summed E-state index contributed by atoms with van der Waals surface area (Å²) in [4.78, 5) is 13.2. The number of amides is 1. The molecule has 0 rings (SSSR count). The molecular formula is C11H21F3N2O2. The van der Waals surface area contributed by atoms with Crippen LogP contribution in [-0.4, -0.2) is 54.4 Å². The Hall–Kier alpha value is -0.820. The van der Waals surface area contributed by atoms with Crippen molar-refractivity contribution in [2.45, 2.75) is 38.9 Å². The molecule has 4 nitrogen and oxygen atoms in total. The van der Waals surface area contributed by atoms with Gasteiger partial charge in [-0.15, -0.1) is 0 Å². The third-order valence-corrected chi connectivity index (χ3v) is 2.65. The molecule has 0 saturated carbocycles. The van der Waals surface area contributed by atoms with Crippen molar-refractivity contribution < 1.29 is 23.1 Å². The van der Waals surface area contributed by atoms with E-state index in [0.717, 1.165) is 0 Å². The van der Waals surface area contributed by atoms with Crippen LogP contribution in [0.4, 0.5) is 13.2 Å². The summed E-state index contributed by atoms with van der Waals surface area (Å²) >= 11 is 0. The van der Waals surface area contributed by atoms with Gasteiger partial charge in [-0.1, -0.05) is 13.8 Å². The van der Waals surface area contributed by atoms with Gasteiger partial charge in [0.15, 0.2) is 0 Å². The highest BCUT2D eigenvalue weighted by atomic mass is 19.4. The number of alkyl halides is 3. The van der Waals surface area contributed by atoms with Gasteiger partial charge in [-0.2, -0.15) is 13.2 Å². The van der Waals surface area contributed by atoms with Crippen molar-refractivity contribution >= 4 is 5.91 Å². The molecule has 7 heteroatoms. The standard InChI is InChI=1S/C11H21F3N2O2/c1-3-9(4-2)16(5-6-17)10(18)7-15-8-11(12,13)14/h9,15,17H,3-8H2,1-2H3. The smallest absolute Gasteiger partial charge is 0.395 e. The zero-order chi connectivity index (χ0) is 14.2. The van der Waals surface area contributed by atoms with Gasteiger partial charge in [0.05, 0.1) is 19.7 Å². The molecule has 0 saturated heterocycles. The van der Waals surface area contributed by atoms with Crippen LogP contribution in [0.3, 0.4) is 0 Å². The number of halogens is 3. The number of carbonyl (C=O) groups excluding carboxylic acids is 1. The van der Waals surface area contributed by atoms with E-state index in [1.165, 1.54) is 4.90 Å². The summed E-state index contributed by atoms with van der Waals surface area (Å²) in [5, 5.41) is 11.0. The maximum absolute atomic E-state index is 11.9. The lowest BCUT2D eigenvalue weighted by Gasteiger charge is -2.30. The molecule has 0 unspecified atom stereocenters. The molecule has 0 radical (unpaired) electrons. The summed E-state index contributed by atoms with van der Waals surface area (Å²) in [5.41, 5.74) is 0. The molecule has 2 N–H and O–H groups in total. The summed E-state index contributed by atoms with van der Waals surface area (Å²) < 4.78 is 35.8. The first kappa shape index (κ1) is 17.2. The van der Waals surface area contributed by atoms with Crippen molar-refractivity contribution in [1.29, 1.82) is 0 Å². The van der Waals surface area contributed by atoms with Crippen molar-refractivity contribution in [3.05, 3.63) is 0 Å². The van der Waals surface area contributed by atoms with Gasteiger partial charge in [-0.05, 0) is 12.8 Å². The number of aliphatic hydroxyl groups is 1. The number of hydrogen-bond acceptors (Lipinski definition) is 3. The van der Waals surface area contributed by atoms with E-state index in [9.17, 15) is 18.0 Å². The minimum atomic E-state index is -4.32. The van der Waals surface area contributed by atoms with Crippen LogP contribution in [0.2, 0.25) is 0 Å². The number of hydrogen-bond donors (Lipinski definition) is 2. The highest BCUT2D eigenvalue weighted by molar-refractivity contribution is 5.78. The fourth-order valence-corrected chi connectivity index (χ4v) is 1.76. The van der Waals surface area contributed by atoms with Gasteiger partial charge in [-0.25, -0.2) is 0 Å². The molecular weight excluding hydrogens is 249 g/mol. The van der Waals surface area contributed by atoms with Crippen LogP contribution in [0.1, 0.15) is 26.7 Å². The molecule has 0 spiro atoms. The second kappa shape index (κ2) is 8.31. The Balaban J connectivity index is 4.30. The fourth-order valence-electron chi connectivity index (χ4n) is 1.76. The SMILES string of the molecule is CCC(CC)N(CCO)C(=O)CNCC(F)(F)F. The molecule has 0 bridgehead atoms. The van der Waals surface area contributed by atoms with E-state index in [1.54, 1.807) is 0 Å². The Labute approximate surface area is 105 Å². The lowest BCUT2D eigenvalue weighted by Crippen LogP contribution is -2.46. The Morgan fingerprint density at radius 3 is 2.28 bits per heavy atom. The number of carbonyl (C=O) groups is 1. The lowest BCUT2D eigenvalue weighted by atomic mass is 10.1. The quantitative estimate of drug-likeness (QED) is 0.695. The van der Waals surface area contributed by atoms with Crippen LogP contribution in [0, 0.1) is 0 Å². The van der Waals surface area contributed by atoms with Crippen LogP contribution in [0.5, 0.6) is 0 Å². The average Bonchev–Trinajstić information content (AvgIpc) is 2.27. The molecule has 0 aliphatic rings. The third kappa shape index (κ3) is 6.80. The predicted molar refractivity (Wildman–Crippen MR) is 62.1 cm³/mol. The average molecular weight is 270 g/mol. The van der Waals surface area contributed by atoms with E-state index < -0.39 is 18.6 Å². The molecule has 0 heterocycles. The Morgan fingerprint density at radius 2 is 1.89 bits per heavy atom. The molecule has 0 aromatic carbocycles. The highest BCUT2D eigenvalue weighted by Gasteiger charge is 2.27. The maximum atomic E-state index is 11.9. The van der Waals surface area contributed by atoms with E-state index in [1.807, 2.05) is 13.8 Å². The largest absolute Gasteiger partial charge is 0.401 e. The summed E-state index contributed by atoms with van der Waals surface area (Å²) in [5.74, 6) is -0.415. The topological polar surface area (TPSA) is 52.6 Å². The van der Waals surface area contributed by atoms with Gasteiger partial charge < -0.3 is 15.3 Å². The van der Waals surface area contributed by atoms with E-state index in [-0.39, 0.29) is 25.7 Å². The summed E-state index contributed by atoms with van der Waals surface area (Å²) in [7, 11) is 0. The molecule has 0 aromatic rings. The summed E-state index contributed by atoms with van der Waals surface area (Å²) in [6, 6.07) is -0.0441. The predicted octanol–water partition coefficient (Wildman–Crippen LogP) is 1.15. The van der Waals surface area contributed by atoms with Crippen LogP contribution in [0.15, 0.2) is 0 Å². The Kier molecular flexibility index (Phi) is 7.93. The summed E-state index contributed by atoms with van der Waals surface area (Å²) in [6.07, 6.45) is -2.90. The van der Waals surface area contributed by atoms with Crippen LogP contribution in [0.25, 0.3) is 0 Å². The normalized spacial score (nSPS) is 11.9. The van der Waals surface area contributed by atoms with Crippen molar-refractivity contribution in [1.82, 2.24) is 10.2 Å². The molecule has 108 valence electrons. The second-order valence-corrected chi connectivity index (χ2v) is 4.00. The zero-order valence-corrected chi connectivity index (χ0v) is 10.8. The van der Waals surface area contributed by atoms with Crippen molar-refractivity contribution in [3.8, 4) is 0 Å². The van der Waals surface area contributed by atoms with Gasteiger partial charge in [-0.3, -0.25) is 4.79 Å². The third-order valence-electron chi connectivity index (χ3n) is 2.65. The second-order valence-electron chi connectivity index (χ2n) is 4.00. The molecule has 18 heavy (non-hydrogen) atoms. The van der Waals surface area contributed by atoms with Crippen LogP contribution < -0.4 is 5.32 Å². The van der Waals surface area contributed by atoms with Crippen LogP contribution in [-0.2, 0) is 4.79 Å². The van der Waals surface area contributed by atoms with Gasteiger partial charge in [0.2, 0.25) is 5.91 Å². The summed E-state index contributed by atoms with van der Waals surface area (Å²) in [6.45, 7) is 2.20. The molecule has 0 fully saturated rings. The van der Waals surface area contributed by atoms with Crippen molar-refractivity contribution in [3.63, 3.8) is 0 Å². The van der Waals surface area contributed by atoms with E-state index in [4.69, 9.17) is 5.11 Å². The van der Waals surface area contributed by atoms with E-state index in [2.05, 4.69) is 5.32 Å². The van der Waals surface area contributed by atoms with Crippen LogP contribution >= 0.6 is 0 Å². The number of nitrogens with one attached hydrogen (secondary N) is 1. The molecule has 1 amide bonds. The highest BCUT2D eigenvalue weighted by Crippen LogP contribution is 2.12. The van der Waals surface area contributed by atoms with Crippen molar-refractivity contribution in [2.24, 2.45) is 0 Å². The Morgan fingerprint density at radius 1 is 1.33 bits per heavy atom. The number of rotatable bonds is 8.